The van der Waals surface area contributed by atoms with Crippen molar-refractivity contribution in [1.29, 1.82) is 0 Å². The summed E-state index contributed by atoms with van der Waals surface area (Å²) in [6, 6.07) is 19.6. The van der Waals surface area contributed by atoms with Crippen LogP contribution in [0, 0.1) is 11.8 Å². The molecule has 3 aromatic rings. The van der Waals surface area contributed by atoms with Crippen molar-refractivity contribution in [2.75, 3.05) is 19.0 Å². The van der Waals surface area contributed by atoms with E-state index in [0.29, 0.717) is 24.6 Å². The van der Waals surface area contributed by atoms with Crippen LogP contribution in [-0.2, 0) is 16.0 Å². The minimum absolute atomic E-state index is 0.0251. The van der Waals surface area contributed by atoms with Crippen LogP contribution in [0.2, 0.25) is 0 Å². The van der Waals surface area contributed by atoms with Crippen LogP contribution in [0.4, 0.5) is 10.5 Å². The molecule has 7 heteroatoms. The van der Waals surface area contributed by atoms with Gasteiger partial charge in [0.1, 0.15) is 0 Å². The third-order valence-electron chi connectivity index (χ3n) is 6.96. The second-order valence-corrected chi connectivity index (χ2v) is 9.41. The Hall–Kier alpha value is -3.71. The van der Waals surface area contributed by atoms with E-state index < -0.39 is 6.09 Å². The number of aromatic nitrogens is 1. The Balaban J connectivity index is 1.54. The zero-order valence-corrected chi connectivity index (χ0v) is 20.7. The minimum Gasteiger partial charge on any atom is -0.453 e. The Bertz CT molecular complexity index is 1140. The molecule has 1 atom stereocenters. The van der Waals surface area contributed by atoms with E-state index in [1.165, 1.54) is 7.11 Å². The number of hydrogen-bond acceptors (Lipinski definition) is 5. The predicted molar refractivity (Wildman–Crippen MR) is 141 cm³/mol. The van der Waals surface area contributed by atoms with Crippen molar-refractivity contribution < 1.29 is 14.3 Å². The maximum atomic E-state index is 13.3. The molecular weight excluding hydrogens is 452 g/mol. The second-order valence-electron chi connectivity index (χ2n) is 9.41. The van der Waals surface area contributed by atoms with Crippen molar-refractivity contribution in [1.82, 2.24) is 10.3 Å². The van der Waals surface area contributed by atoms with E-state index in [9.17, 15) is 9.59 Å². The van der Waals surface area contributed by atoms with Gasteiger partial charge in [0, 0.05) is 29.6 Å². The lowest BCUT2D eigenvalue weighted by molar-refractivity contribution is -0.127. The fraction of sp³-hybridized carbons (Fsp3) is 0.345. The highest BCUT2D eigenvalue weighted by molar-refractivity contribution is 5.85. The van der Waals surface area contributed by atoms with E-state index in [-0.39, 0.29) is 17.9 Å². The monoisotopic (exact) mass is 486 g/mol. The van der Waals surface area contributed by atoms with Crippen molar-refractivity contribution in [3.8, 4) is 11.1 Å². The van der Waals surface area contributed by atoms with Gasteiger partial charge in [-0.2, -0.15) is 0 Å². The van der Waals surface area contributed by atoms with Gasteiger partial charge in [-0.05, 0) is 79.5 Å². The first-order valence-corrected chi connectivity index (χ1v) is 12.5. The van der Waals surface area contributed by atoms with Crippen LogP contribution in [-0.4, -0.2) is 30.6 Å². The molecule has 0 saturated heterocycles. The molecule has 1 heterocycles. The van der Waals surface area contributed by atoms with Crippen molar-refractivity contribution in [2.45, 2.75) is 38.1 Å². The molecule has 36 heavy (non-hydrogen) atoms. The molecule has 1 fully saturated rings. The van der Waals surface area contributed by atoms with Gasteiger partial charge in [-0.1, -0.05) is 42.5 Å². The number of carbonyl (C=O) groups excluding carboxylic acids is 2. The van der Waals surface area contributed by atoms with Gasteiger partial charge < -0.3 is 15.8 Å². The Labute approximate surface area is 212 Å². The van der Waals surface area contributed by atoms with Crippen LogP contribution in [0.5, 0.6) is 0 Å². The first kappa shape index (κ1) is 25.4. The van der Waals surface area contributed by atoms with Gasteiger partial charge in [0.15, 0.2) is 0 Å². The molecule has 4 N–H and O–H groups in total. The van der Waals surface area contributed by atoms with Crippen LogP contribution >= 0.6 is 0 Å². The Morgan fingerprint density at radius 2 is 1.72 bits per heavy atom. The van der Waals surface area contributed by atoms with Gasteiger partial charge in [0.2, 0.25) is 5.91 Å². The molecule has 4 rings (SSSR count). The lowest BCUT2D eigenvalue weighted by Crippen LogP contribution is -2.37. The number of nitrogens with one attached hydrogen (secondary N) is 2. The number of benzene rings is 2. The third kappa shape index (κ3) is 6.70. The first-order chi connectivity index (χ1) is 17.6. The summed E-state index contributed by atoms with van der Waals surface area (Å²) in [5.74, 6) is 0.663. The van der Waals surface area contributed by atoms with Crippen molar-refractivity contribution in [3.05, 3.63) is 84.2 Å². The first-order valence-electron chi connectivity index (χ1n) is 12.5. The number of hydrogen-bond donors (Lipinski definition) is 3. The Morgan fingerprint density at radius 1 is 1.00 bits per heavy atom. The molecule has 1 saturated carbocycles. The topological polar surface area (TPSA) is 106 Å². The van der Waals surface area contributed by atoms with Crippen molar-refractivity contribution in [3.63, 3.8) is 0 Å². The average Bonchev–Trinajstić information content (AvgIpc) is 2.93. The molecular formula is C29H34N4O3. The van der Waals surface area contributed by atoms with Crippen LogP contribution in [0.15, 0.2) is 73.1 Å². The lowest BCUT2D eigenvalue weighted by Gasteiger charge is -2.29. The van der Waals surface area contributed by atoms with E-state index in [0.717, 1.165) is 47.9 Å². The van der Waals surface area contributed by atoms with Crippen LogP contribution in [0.3, 0.4) is 0 Å². The van der Waals surface area contributed by atoms with Crippen LogP contribution in [0.25, 0.3) is 11.1 Å². The smallest absolute Gasteiger partial charge is 0.411 e. The molecule has 0 radical (unpaired) electrons. The normalized spacial score (nSPS) is 18.2. The fourth-order valence-corrected chi connectivity index (χ4v) is 4.77. The molecule has 0 bridgehead atoms. The molecule has 2 aromatic carbocycles. The minimum atomic E-state index is -0.512. The van der Waals surface area contributed by atoms with Crippen LogP contribution in [0.1, 0.15) is 42.9 Å². The average molecular weight is 487 g/mol. The molecule has 7 nitrogen and oxygen atoms in total. The SMILES string of the molecule is COC(=O)Nc1ccc(-c2cncc(C(Cc3ccccc3)NC(=O)C3CCC(CN)CC3)c2)cc1. The maximum absolute atomic E-state index is 13.3. The van der Waals surface area contributed by atoms with E-state index >= 15 is 0 Å². The van der Waals surface area contributed by atoms with E-state index in [1.807, 2.05) is 54.9 Å². The number of rotatable bonds is 8. The summed E-state index contributed by atoms with van der Waals surface area (Å²) in [4.78, 5) is 29.2. The number of nitrogens with zero attached hydrogens (tertiary/aromatic N) is 1. The molecule has 0 spiro atoms. The number of amides is 2. The summed E-state index contributed by atoms with van der Waals surface area (Å²) in [6.45, 7) is 0.698. The lowest BCUT2D eigenvalue weighted by atomic mass is 9.81. The van der Waals surface area contributed by atoms with Gasteiger partial charge in [-0.3, -0.25) is 15.1 Å². The molecule has 1 unspecified atom stereocenters. The van der Waals surface area contributed by atoms with Gasteiger partial charge in [-0.25, -0.2) is 4.79 Å². The zero-order chi connectivity index (χ0) is 25.3. The molecule has 1 aromatic heterocycles. The highest BCUT2D eigenvalue weighted by Crippen LogP contribution is 2.30. The standard InChI is InChI=1S/C29H34N4O3/c1-36-29(35)32-26-13-11-22(12-14-26)24-16-25(19-31-18-24)27(15-20-5-3-2-4-6-20)33-28(34)23-9-7-21(17-30)8-10-23/h2-6,11-14,16,18-19,21,23,27H,7-10,15,17,30H2,1H3,(H,32,35)(H,33,34). The highest BCUT2D eigenvalue weighted by Gasteiger charge is 2.27. The molecule has 1 aliphatic carbocycles. The summed E-state index contributed by atoms with van der Waals surface area (Å²) in [7, 11) is 1.33. The largest absolute Gasteiger partial charge is 0.453 e. The van der Waals surface area contributed by atoms with Crippen molar-refractivity contribution >= 4 is 17.7 Å². The quantitative estimate of drug-likeness (QED) is 0.411. The van der Waals surface area contributed by atoms with Gasteiger partial charge in [0.05, 0.1) is 13.2 Å². The summed E-state index contributed by atoms with van der Waals surface area (Å²) in [5.41, 5.74) is 10.5. The predicted octanol–water partition coefficient (Wildman–Crippen LogP) is 5.09. The van der Waals surface area contributed by atoms with Gasteiger partial charge in [0.25, 0.3) is 0 Å². The molecule has 0 aliphatic heterocycles. The summed E-state index contributed by atoms with van der Waals surface area (Å²) >= 11 is 0. The van der Waals surface area contributed by atoms with E-state index in [2.05, 4.69) is 38.6 Å². The summed E-state index contributed by atoms with van der Waals surface area (Å²) in [6.07, 6.45) is 7.59. The second kappa shape index (κ2) is 12.3. The summed E-state index contributed by atoms with van der Waals surface area (Å²) in [5, 5.41) is 5.98. The number of ether oxygens (including phenoxy) is 1. The number of anilines is 1. The number of methoxy groups -OCH3 is 1. The third-order valence-corrected chi connectivity index (χ3v) is 6.96. The number of pyridine rings is 1. The molecule has 2 amide bonds. The van der Waals surface area contributed by atoms with Crippen molar-refractivity contribution in [2.24, 2.45) is 17.6 Å². The van der Waals surface area contributed by atoms with Crippen LogP contribution < -0.4 is 16.4 Å². The van der Waals surface area contributed by atoms with Gasteiger partial charge >= 0.3 is 6.09 Å². The molecule has 1 aliphatic rings. The van der Waals surface area contributed by atoms with Gasteiger partial charge in [-0.15, -0.1) is 0 Å². The van der Waals surface area contributed by atoms with E-state index in [1.54, 1.807) is 0 Å². The maximum Gasteiger partial charge on any atom is 0.411 e. The fourth-order valence-electron chi connectivity index (χ4n) is 4.77. The van der Waals surface area contributed by atoms with E-state index in [4.69, 9.17) is 5.73 Å². The number of nitrogens with two attached hydrogens (primary N) is 1. The molecule has 188 valence electrons. The zero-order valence-electron chi connectivity index (χ0n) is 20.7. The summed E-state index contributed by atoms with van der Waals surface area (Å²) < 4.78 is 4.65. The Kier molecular flexibility index (Phi) is 8.68. The number of carbonyl (C=O) groups is 2. The Morgan fingerprint density at radius 3 is 2.39 bits per heavy atom. The highest BCUT2D eigenvalue weighted by atomic mass is 16.5.